The van der Waals surface area contributed by atoms with Crippen LogP contribution < -0.4 is 4.57 Å². The second-order valence-electron chi connectivity index (χ2n) is 2.81. The maximum absolute atomic E-state index is 9.38. The Morgan fingerprint density at radius 3 is 2.67 bits per heavy atom. The fourth-order valence-corrected chi connectivity index (χ4v) is 1.33. The summed E-state index contributed by atoms with van der Waals surface area (Å²) in [5.41, 5.74) is 1.04. The molecule has 1 aromatic heterocycles. The van der Waals surface area contributed by atoms with Gasteiger partial charge in [0.25, 0.3) is 0 Å². The Kier molecular flexibility index (Phi) is 1.47. The van der Waals surface area contributed by atoms with E-state index in [1.54, 1.807) is 10.6 Å². The van der Waals surface area contributed by atoms with Gasteiger partial charge in [0.1, 0.15) is 7.05 Å². The van der Waals surface area contributed by atoms with Crippen molar-refractivity contribution < 1.29 is 9.67 Å². The molecule has 1 N–H and O–H groups in total. The third-order valence-corrected chi connectivity index (χ3v) is 2.05. The zero-order valence-electron chi connectivity index (χ0n) is 6.86. The number of aromatic nitrogens is 1. The van der Waals surface area contributed by atoms with Gasteiger partial charge in [-0.2, -0.15) is 4.57 Å². The second kappa shape index (κ2) is 2.48. The van der Waals surface area contributed by atoms with E-state index >= 15 is 0 Å². The fraction of sp³-hybridized carbons (Fsp3) is 0.100. The van der Waals surface area contributed by atoms with Crippen molar-refractivity contribution in [2.45, 2.75) is 0 Å². The first kappa shape index (κ1) is 7.10. The topological polar surface area (TPSA) is 24.1 Å². The van der Waals surface area contributed by atoms with Crippen molar-refractivity contribution in [1.82, 2.24) is 0 Å². The average molecular weight is 160 g/mol. The molecule has 2 aromatic rings. The minimum atomic E-state index is 0.286. The third kappa shape index (κ3) is 0.925. The van der Waals surface area contributed by atoms with E-state index in [1.807, 2.05) is 37.4 Å². The average Bonchev–Trinajstić information content (AvgIpc) is 2.12. The first-order valence-electron chi connectivity index (χ1n) is 3.86. The number of hydrogen-bond donors (Lipinski definition) is 1. The predicted molar refractivity (Wildman–Crippen MR) is 46.8 cm³/mol. The van der Waals surface area contributed by atoms with Crippen LogP contribution in [0.15, 0.2) is 36.4 Å². The van der Waals surface area contributed by atoms with Crippen molar-refractivity contribution in [3.63, 3.8) is 0 Å². The van der Waals surface area contributed by atoms with Crippen LogP contribution in [0.3, 0.4) is 0 Å². The molecule has 0 aliphatic rings. The maximum Gasteiger partial charge on any atom is 0.365 e. The first-order chi connectivity index (χ1) is 5.79. The smallest absolute Gasteiger partial charge is 0.365 e. The minimum Gasteiger partial charge on any atom is -0.460 e. The molecule has 12 heavy (non-hydrogen) atoms. The summed E-state index contributed by atoms with van der Waals surface area (Å²) in [4.78, 5) is 0. The van der Waals surface area contributed by atoms with Crippen LogP contribution in [-0.2, 0) is 7.05 Å². The Balaban J connectivity index is 2.91. The Labute approximate surface area is 70.7 Å². The highest BCUT2D eigenvalue weighted by molar-refractivity contribution is 5.75. The number of hydrogen-bond acceptors (Lipinski definition) is 1. The van der Waals surface area contributed by atoms with Crippen molar-refractivity contribution in [2.24, 2.45) is 7.05 Å². The van der Waals surface area contributed by atoms with Gasteiger partial charge in [0.15, 0.2) is 0 Å². The van der Waals surface area contributed by atoms with Gasteiger partial charge in [0.05, 0.1) is 6.07 Å². The molecular formula is C10H10NO+. The van der Waals surface area contributed by atoms with Gasteiger partial charge in [0.2, 0.25) is 5.52 Å². The SMILES string of the molecule is C[n+]1c(O)ccc2ccccc21. The van der Waals surface area contributed by atoms with E-state index in [4.69, 9.17) is 0 Å². The van der Waals surface area contributed by atoms with Crippen molar-refractivity contribution >= 4 is 10.9 Å². The highest BCUT2D eigenvalue weighted by Crippen LogP contribution is 2.11. The molecule has 0 bridgehead atoms. The molecule has 0 unspecified atom stereocenters. The molecule has 60 valence electrons. The Morgan fingerprint density at radius 1 is 1.08 bits per heavy atom. The molecular weight excluding hydrogens is 150 g/mol. The molecule has 0 aliphatic heterocycles. The predicted octanol–water partition coefficient (Wildman–Crippen LogP) is 1.37. The summed E-state index contributed by atoms with van der Waals surface area (Å²) in [5, 5.41) is 10.5. The summed E-state index contributed by atoms with van der Waals surface area (Å²) >= 11 is 0. The lowest BCUT2D eigenvalue weighted by atomic mass is 10.2. The van der Waals surface area contributed by atoms with Crippen molar-refractivity contribution in [2.75, 3.05) is 0 Å². The molecule has 0 saturated carbocycles. The van der Waals surface area contributed by atoms with Gasteiger partial charge in [-0.25, -0.2) is 0 Å². The van der Waals surface area contributed by atoms with Crippen LogP contribution in [-0.4, -0.2) is 5.11 Å². The summed E-state index contributed by atoms with van der Waals surface area (Å²) < 4.78 is 1.76. The van der Waals surface area contributed by atoms with Crippen LogP contribution in [0, 0.1) is 0 Å². The molecule has 0 aliphatic carbocycles. The molecule has 0 radical (unpaired) electrons. The van der Waals surface area contributed by atoms with Crippen LogP contribution >= 0.6 is 0 Å². The third-order valence-electron chi connectivity index (χ3n) is 2.05. The molecule has 0 fully saturated rings. The second-order valence-corrected chi connectivity index (χ2v) is 2.81. The van der Waals surface area contributed by atoms with Gasteiger partial charge >= 0.3 is 5.88 Å². The maximum atomic E-state index is 9.38. The Hall–Kier alpha value is -1.57. The van der Waals surface area contributed by atoms with Gasteiger partial charge in [-0.1, -0.05) is 12.1 Å². The van der Waals surface area contributed by atoms with Crippen LogP contribution in [0.4, 0.5) is 0 Å². The molecule has 2 heteroatoms. The summed E-state index contributed by atoms with van der Waals surface area (Å²) in [6, 6.07) is 11.6. The monoisotopic (exact) mass is 160 g/mol. The molecule has 1 aromatic carbocycles. The van der Waals surface area contributed by atoms with Gasteiger partial charge < -0.3 is 5.11 Å². The molecule has 0 saturated heterocycles. The molecule has 0 amide bonds. The first-order valence-corrected chi connectivity index (χ1v) is 3.86. The van der Waals surface area contributed by atoms with Crippen molar-refractivity contribution in [3.8, 4) is 5.88 Å². The highest BCUT2D eigenvalue weighted by Gasteiger charge is 2.07. The van der Waals surface area contributed by atoms with Gasteiger partial charge in [-0.3, -0.25) is 0 Å². The van der Waals surface area contributed by atoms with E-state index in [-0.39, 0.29) is 5.88 Å². The van der Waals surface area contributed by atoms with Crippen LogP contribution in [0.5, 0.6) is 5.88 Å². The van der Waals surface area contributed by atoms with E-state index in [2.05, 4.69) is 0 Å². The summed E-state index contributed by atoms with van der Waals surface area (Å²) in [6.45, 7) is 0. The Morgan fingerprint density at radius 2 is 1.83 bits per heavy atom. The zero-order chi connectivity index (χ0) is 8.55. The van der Waals surface area contributed by atoms with Crippen molar-refractivity contribution in [1.29, 1.82) is 0 Å². The van der Waals surface area contributed by atoms with E-state index in [9.17, 15) is 5.11 Å². The molecule has 2 rings (SSSR count). The number of pyridine rings is 1. The number of aromatic hydroxyl groups is 1. The van der Waals surface area contributed by atoms with Crippen molar-refractivity contribution in [3.05, 3.63) is 36.4 Å². The lowest BCUT2D eigenvalue weighted by Crippen LogP contribution is -2.28. The van der Waals surface area contributed by atoms with E-state index in [0.29, 0.717) is 0 Å². The quantitative estimate of drug-likeness (QED) is 0.578. The Bertz CT molecular complexity index is 423. The minimum absolute atomic E-state index is 0.286. The molecule has 1 heterocycles. The largest absolute Gasteiger partial charge is 0.460 e. The van der Waals surface area contributed by atoms with E-state index in [1.165, 1.54) is 0 Å². The van der Waals surface area contributed by atoms with E-state index < -0.39 is 0 Å². The molecule has 2 nitrogen and oxygen atoms in total. The standard InChI is InChI=1S/C10H9NO/c1-11-9-5-3-2-4-8(9)6-7-10(11)12/h2-7H,1H3/p+1. The normalized spacial score (nSPS) is 10.4. The van der Waals surface area contributed by atoms with Gasteiger partial charge in [0, 0.05) is 11.5 Å². The number of rotatable bonds is 0. The number of nitrogens with zero attached hydrogens (tertiary/aromatic N) is 1. The summed E-state index contributed by atoms with van der Waals surface area (Å²) in [5.74, 6) is 0.286. The van der Waals surface area contributed by atoms with Crippen LogP contribution in [0.1, 0.15) is 0 Å². The fourth-order valence-electron chi connectivity index (χ4n) is 1.33. The number of benzene rings is 1. The van der Waals surface area contributed by atoms with E-state index in [0.717, 1.165) is 10.9 Å². The summed E-state index contributed by atoms with van der Waals surface area (Å²) in [7, 11) is 1.84. The number of fused-ring (bicyclic) bond motifs is 1. The van der Waals surface area contributed by atoms with Crippen LogP contribution in [0.2, 0.25) is 0 Å². The highest BCUT2D eigenvalue weighted by atomic mass is 16.3. The molecule has 0 spiro atoms. The lowest BCUT2D eigenvalue weighted by molar-refractivity contribution is -0.651. The zero-order valence-corrected chi connectivity index (χ0v) is 6.86. The van der Waals surface area contributed by atoms with Gasteiger partial charge in [-0.05, 0) is 12.1 Å². The molecule has 0 atom stereocenters. The summed E-state index contributed by atoms with van der Waals surface area (Å²) in [6.07, 6.45) is 0. The number of para-hydroxylation sites is 1. The number of aryl methyl sites for hydroxylation is 1. The lowest BCUT2D eigenvalue weighted by Gasteiger charge is -1.96. The van der Waals surface area contributed by atoms with Gasteiger partial charge in [-0.15, -0.1) is 0 Å². The van der Waals surface area contributed by atoms with Crippen LogP contribution in [0.25, 0.3) is 10.9 Å².